The van der Waals surface area contributed by atoms with Crippen molar-refractivity contribution < 1.29 is 20.2 Å². The van der Waals surface area contributed by atoms with E-state index in [1.165, 1.54) is 19.1 Å². The molecule has 0 aliphatic heterocycles. The minimum absolute atomic E-state index is 0.122. The van der Waals surface area contributed by atoms with Crippen LogP contribution in [0, 0.1) is 17.0 Å². The molecule has 8 heteroatoms. The van der Waals surface area contributed by atoms with E-state index < -0.39 is 30.3 Å². The molecule has 0 saturated carbocycles. The topological polar surface area (TPSA) is 129 Å². The molecule has 4 N–H and O–H groups in total. The third-order valence-electron chi connectivity index (χ3n) is 2.56. The van der Waals surface area contributed by atoms with Crippen LogP contribution in [-0.4, -0.2) is 50.6 Å². The summed E-state index contributed by atoms with van der Waals surface area (Å²) in [4.78, 5) is 14.0. The standard InChI is InChI=1S/C10H15N3O5/c1-7-8(13(17)18)2-3-9(11-7)12-10(4-14,5-15)6-16/h2-3,14-16H,4-6H2,1H3,(H,11,12). The molecular formula is C10H15N3O5. The van der Waals surface area contributed by atoms with Crippen LogP contribution in [0.5, 0.6) is 0 Å². The van der Waals surface area contributed by atoms with Gasteiger partial charge in [-0.25, -0.2) is 4.98 Å². The highest BCUT2D eigenvalue weighted by molar-refractivity contribution is 5.46. The van der Waals surface area contributed by atoms with Crippen LogP contribution in [0.3, 0.4) is 0 Å². The Balaban J connectivity index is 2.98. The van der Waals surface area contributed by atoms with Crippen LogP contribution in [0.2, 0.25) is 0 Å². The zero-order valence-corrected chi connectivity index (χ0v) is 9.83. The molecule has 0 radical (unpaired) electrons. The van der Waals surface area contributed by atoms with Gasteiger partial charge < -0.3 is 20.6 Å². The van der Waals surface area contributed by atoms with Gasteiger partial charge in [0.1, 0.15) is 17.1 Å². The van der Waals surface area contributed by atoms with Gasteiger partial charge in [-0.3, -0.25) is 10.1 Å². The number of hydrogen-bond acceptors (Lipinski definition) is 7. The Morgan fingerprint density at radius 3 is 2.28 bits per heavy atom. The maximum absolute atomic E-state index is 10.6. The molecular weight excluding hydrogens is 242 g/mol. The molecule has 0 atom stereocenters. The highest BCUT2D eigenvalue weighted by Gasteiger charge is 2.28. The summed E-state index contributed by atoms with van der Waals surface area (Å²) in [6.45, 7) is -0.0328. The summed E-state index contributed by atoms with van der Waals surface area (Å²) in [7, 11) is 0. The molecule has 8 nitrogen and oxygen atoms in total. The van der Waals surface area contributed by atoms with Gasteiger partial charge in [-0.2, -0.15) is 0 Å². The first kappa shape index (κ1) is 14.3. The normalized spacial score (nSPS) is 11.3. The Hall–Kier alpha value is -1.77. The van der Waals surface area contributed by atoms with Crippen LogP contribution in [0.25, 0.3) is 0 Å². The fourth-order valence-electron chi connectivity index (χ4n) is 1.36. The zero-order valence-electron chi connectivity index (χ0n) is 9.83. The molecule has 1 heterocycles. The minimum Gasteiger partial charge on any atom is -0.394 e. The Kier molecular flexibility index (Phi) is 4.54. The van der Waals surface area contributed by atoms with Gasteiger partial charge in [0.25, 0.3) is 5.69 Å². The Labute approximate surface area is 103 Å². The quantitative estimate of drug-likeness (QED) is 0.396. The second-order valence-corrected chi connectivity index (χ2v) is 3.94. The predicted octanol–water partition coefficient (Wildman–Crippen LogP) is -0.574. The van der Waals surface area contributed by atoms with Crippen molar-refractivity contribution in [2.75, 3.05) is 25.1 Å². The minimum atomic E-state index is -1.31. The van der Waals surface area contributed by atoms with Crippen LogP contribution in [0.15, 0.2) is 12.1 Å². The van der Waals surface area contributed by atoms with E-state index >= 15 is 0 Å². The molecule has 18 heavy (non-hydrogen) atoms. The highest BCUT2D eigenvalue weighted by atomic mass is 16.6. The van der Waals surface area contributed by atoms with Crippen molar-refractivity contribution >= 4 is 11.5 Å². The van der Waals surface area contributed by atoms with Gasteiger partial charge in [0.05, 0.1) is 24.7 Å². The van der Waals surface area contributed by atoms with Crippen LogP contribution in [0.1, 0.15) is 5.69 Å². The highest BCUT2D eigenvalue weighted by Crippen LogP contribution is 2.20. The summed E-state index contributed by atoms with van der Waals surface area (Å²) in [6, 6.07) is 2.61. The first-order chi connectivity index (χ1) is 8.48. The average molecular weight is 257 g/mol. The van der Waals surface area contributed by atoms with Crippen LogP contribution in [0.4, 0.5) is 11.5 Å². The molecule has 0 aliphatic rings. The molecule has 1 aromatic heterocycles. The fraction of sp³-hybridized carbons (Fsp3) is 0.500. The van der Waals surface area contributed by atoms with E-state index in [1.807, 2.05) is 0 Å². The lowest BCUT2D eigenvalue weighted by atomic mass is 10.0. The predicted molar refractivity (Wildman–Crippen MR) is 63.2 cm³/mol. The smallest absolute Gasteiger partial charge is 0.290 e. The molecule has 0 bridgehead atoms. The number of rotatable bonds is 6. The first-order valence-corrected chi connectivity index (χ1v) is 5.21. The third-order valence-corrected chi connectivity index (χ3v) is 2.56. The van der Waals surface area contributed by atoms with Crippen molar-refractivity contribution in [3.8, 4) is 0 Å². The Bertz CT molecular complexity index is 425. The number of aromatic nitrogens is 1. The third kappa shape index (κ3) is 2.92. The van der Waals surface area contributed by atoms with Crippen LogP contribution < -0.4 is 5.32 Å². The van der Waals surface area contributed by atoms with E-state index in [0.717, 1.165) is 0 Å². The maximum Gasteiger partial charge on any atom is 0.290 e. The van der Waals surface area contributed by atoms with Crippen LogP contribution >= 0.6 is 0 Å². The van der Waals surface area contributed by atoms with Crippen molar-refractivity contribution in [2.45, 2.75) is 12.5 Å². The second kappa shape index (κ2) is 5.71. The van der Waals surface area contributed by atoms with Gasteiger partial charge in [-0.15, -0.1) is 0 Å². The molecule has 100 valence electrons. The SMILES string of the molecule is Cc1nc(NC(CO)(CO)CO)ccc1[N+](=O)[O-]. The fourth-order valence-corrected chi connectivity index (χ4v) is 1.36. The van der Waals surface area contributed by atoms with Gasteiger partial charge in [0.2, 0.25) is 0 Å². The van der Waals surface area contributed by atoms with Crippen molar-refractivity contribution in [2.24, 2.45) is 0 Å². The van der Waals surface area contributed by atoms with Gasteiger partial charge in [-0.1, -0.05) is 0 Å². The molecule has 0 aromatic carbocycles. The van der Waals surface area contributed by atoms with Crippen LogP contribution in [-0.2, 0) is 0 Å². The summed E-state index contributed by atoms with van der Waals surface area (Å²) in [5, 5.41) is 40.7. The number of nitrogens with zero attached hydrogens (tertiary/aromatic N) is 2. The molecule has 0 amide bonds. The average Bonchev–Trinajstić information content (AvgIpc) is 2.36. The largest absolute Gasteiger partial charge is 0.394 e. The molecule has 1 rings (SSSR count). The maximum atomic E-state index is 10.6. The van der Waals surface area contributed by atoms with Gasteiger partial charge in [0.15, 0.2) is 0 Å². The van der Waals surface area contributed by atoms with Gasteiger partial charge >= 0.3 is 0 Å². The molecule has 0 aliphatic carbocycles. The number of nitro groups is 1. The van der Waals surface area contributed by atoms with Gasteiger partial charge in [0, 0.05) is 6.07 Å². The lowest BCUT2D eigenvalue weighted by Crippen LogP contribution is -2.49. The lowest BCUT2D eigenvalue weighted by Gasteiger charge is -2.29. The van der Waals surface area contributed by atoms with E-state index in [1.54, 1.807) is 0 Å². The van der Waals surface area contributed by atoms with E-state index in [9.17, 15) is 10.1 Å². The number of anilines is 1. The van der Waals surface area contributed by atoms with Gasteiger partial charge in [-0.05, 0) is 13.0 Å². The summed E-state index contributed by atoms with van der Waals surface area (Å²) in [5.74, 6) is 0.232. The molecule has 1 aromatic rings. The van der Waals surface area contributed by atoms with E-state index in [0.29, 0.717) is 0 Å². The van der Waals surface area contributed by atoms with Crippen molar-refractivity contribution in [1.82, 2.24) is 4.98 Å². The summed E-state index contributed by atoms with van der Waals surface area (Å²) in [6.07, 6.45) is 0. The summed E-state index contributed by atoms with van der Waals surface area (Å²) < 4.78 is 0. The monoisotopic (exact) mass is 257 g/mol. The van der Waals surface area contributed by atoms with Crippen molar-refractivity contribution in [3.63, 3.8) is 0 Å². The number of aryl methyl sites for hydroxylation is 1. The number of pyridine rings is 1. The Morgan fingerprint density at radius 1 is 1.33 bits per heavy atom. The van der Waals surface area contributed by atoms with E-state index in [-0.39, 0.29) is 17.2 Å². The Morgan fingerprint density at radius 2 is 1.89 bits per heavy atom. The molecule has 0 saturated heterocycles. The molecule has 0 unspecified atom stereocenters. The number of aliphatic hydroxyl groups is 3. The first-order valence-electron chi connectivity index (χ1n) is 5.21. The van der Waals surface area contributed by atoms with E-state index in [4.69, 9.17) is 15.3 Å². The van der Waals surface area contributed by atoms with Crippen molar-refractivity contribution in [3.05, 3.63) is 27.9 Å². The summed E-state index contributed by atoms with van der Waals surface area (Å²) >= 11 is 0. The zero-order chi connectivity index (χ0) is 13.8. The molecule has 0 spiro atoms. The number of hydrogen-bond donors (Lipinski definition) is 4. The lowest BCUT2D eigenvalue weighted by molar-refractivity contribution is -0.385. The van der Waals surface area contributed by atoms with Crippen molar-refractivity contribution in [1.29, 1.82) is 0 Å². The number of nitrogens with one attached hydrogen (secondary N) is 1. The molecule has 0 fully saturated rings. The number of aliphatic hydroxyl groups excluding tert-OH is 3. The van der Waals surface area contributed by atoms with E-state index in [2.05, 4.69) is 10.3 Å². The second-order valence-electron chi connectivity index (χ2n) is 3.94. The summed E-state index contributed by atoms with van der Waals surface area (Å²) in [5.41, 5.74) is -1.23.